The van der Waals surface area contributed by atoms with E-state index < -0.39 is 0 Å². The van der Waals surface area contributed by atoms with Crippen LogP contribution in [0.15, 0.2) is 72.0 Å². The quantitative estimate of drug-likeness (QED) is 0.531. The number of likely N-dealkylation sites (tertiary alicyclic amines) is 1. The normalized spacial score (nSPS) is 14.1. The largest absolute Gasteiger partial charge is 0.404 e. The van der Waals surface area contributed by atoms with Crippen molar-refractivity contribution in [3.8, 4) is 0 Å². The summed E-state index contributed by atoms with van der Waals surface area (Å²) in [5, 5.41) is 2.91. The van der Waals surface area contributed by atoms with Crippen LogP contribution >= 0.6 is 0 Å². The molecule has 0 aliphatic carbocycles. The van der Waals surface area contributed by atoms with Gasteiger partial charge in [0, 0.05) is 67.2 Å². The molecule has 2 amide bonds. The molecular formula is C28H29N5O2. The zero-order chi connectivity index (χ0) is 24.9. The average molecular weight is 468 g/mol. The van der Waals surface area contributed by atoms with Crippen molar-refractivity contribution >= 4 is 29.3 Å². The molecule has 0 atom stereocenters. The first-order valence-corrected chi connectivity index (χ1v) is 11.5. The summed E-state index contributed by atoms with van der Waals surface area (Å²) in [5.41, 5.74) is 12.1. The topological polar surface area (TPSA) is 101 Å². The van der Waals surface area contributed by atoms with E-state index in [0.717, 1.165) is 22.4 Å². The molecule has 0 saturated carbocycles. The Morgan fingerprint density at radius 2 is 1.71 bits per heavy atom. The van der Waals surface area contributed by atoms with Crippen LogP contribution in [0.4, 0.5) is 5.69 Å². The zero-order valence-electron chi connectivity index (χ0n) is 20.2. The fourth-order valence-corrected chi connectivity index (χ4v) is 4.02. The van der Waals surface area contributed by atoms with Crippen LogP contribution in [0.5, 0.6) is 0 Å². The number of benzene rings is 2. The monoisotopic (exact) mass is 467 g/mol. The molecule has 35 heavy (non-hydrogen) atoms. The number of nitrogens with one attached hydrogen (secondary N) is 1. The molecule has 1 fully saturated rings. The molecule has 2 aromatic carbocycles. The summed E-state index contributed by atoms with van der Waals surface area (Å²) in [6.07, 6.45) is 4.82. The van der Waals surface area contributed by atoms with Gasteiger partial charge in [-0.15, -0.1) is 0 Å². The third-order valence-corrected chi connectivity index (χ3v) is 6.24. The van der Waals surface area contributed by atoms with Crippen LogP contribution in [0.1, 0.15) is 49.0 Å². The number of anilines is 1. The summed E-state index contributed by atoms with van der Waals surface area (Å²) >= 11 is 0. The van der Waals surface area contributed by atoms with Gasteiger partial charge in [-0.3, -0.25) is 19.6 Å². The molecule has 3 aromatic rings. The molecule has 2 heterocycles. The van der Waals surface area contributed by atoms with Crippen LogP contribution in [0, 0.1) is 13.8 Å². The number of rotatable bonds is 6. The molecule has 178 valence electrons. The molecule has 0 bridgehead atoms. The van der Waals surface area contributed by atoms with Crippen LogP contribution in [-0.2, 0) is 0 Å². The number of pyridine rings is 1. The van der Waals surface area contributed by atoms with Crippen molar-refractivity contribution in [1.82, 2.24) is 9.88 Å². The van der Waals surface area contributed by atoms with Gasteiger partial charge in [0.25, 0.3) is 11.8 Å². The number of amides is 2. The van der Waals surface area contributed by atoms with Crippen molar-refractivity contribution in [2.24, 2.45) is 10.7 Å². The number of nitrogens with two attached hydrogens (primary N) is 1. The van der Waals surface area contributed by atoms with Gasteiger partial charge in [-0.25, -0.2) is 0 Å². The fraction of sp³-hybridized carbons (Fsp3) is 0.214. The Balaban J connectivity index is 1.40. The van der Waals surface area contributed by atoms with Gasteiger partial charge in [0.15, 0.2) is 0 Å². The van der Waals surface area contributed by atoms with Crippen molar-refractivity contribution < 1.29 is 9.59 Å². The van der Waals surface area contributed by atoms with Crippen LogP contribution < -0.4 is 11.1 Å². The van der Waals surface area contributed by atoms with Crippen molar-refractivity contribution in [1.29, 1.82) is 0 Å². The highest BCUT2D eigenvalue weighted by molar-refractivity contribution is 6.09. The van der Waals surface area contributed by atoms with Crippen LogP contribution in [0.2, 0.25) is 0 Å². The van der Waals surface area contributed by atoms with E-state index in [-0.39, 0.29) is 17.7 Å². The van der Waals surface area contributed by atoms with Gasteiger partial charge < -0.3 is 16.0 Å². The van der Waals surface area contributed by atoms with Crippen molar-refractivity contribution in [2.75, 3.05) is 25.5 Å². The number of hydrogen-bond donors (Lipinski definition) is 2. The first-order valence-electron chi connectivity index (χ1n) is 11.5. The number of carbonyl (C=O) groups excluding carboxylic acids is 2. The van der Waals surface area contributed by atoms with E-state index in [9.17, 15) is 9.59 Å². The molecule has 4 rings (SSSR count). The highest BCUT2D eigenvalue weighted by atomic mass is 16.2. The van der Waals surface area contributed by atoms with E-state index in [1.54, 1.807) is 49.9 Å². The Morgan fingerprint density at radius 1 is 1.03 bits per heavy atom. The molecule has 1 aliphatic rings. The van der Waals surface area contributed by atoms with Crippen molar-refractivity contribution in [3.05, 3.63) is 101 Å². The van der Waals surface area contributed by atoms with Gasteiger partial charge >= 0.3 is 0 Å². The Hall–Kier alpha value is -4.26. The lowest BCUT2D eigenvalue weighted by Gasteiger charge is -2.39. The van der Waals surface area contributed by atoms with Crippen molar-refractivity contribution in [2.45, 2.75) is 19.8 Å². The first-order chi connectivity index (χ1) is 16.9. The maximum absolute atomic E-state index is 13.1. The third kappa shape index (κ3) is 5.30. The number of nitrogens with zero attached hydrogens (tertiary/aromatic N) is 3. The van der Waals surface area contributed by atoms with E-state index in [0.29, 0.717) is 29.9 Å². The maximum atomic E-state index is 13.1. The molecule has 1 aliphatic heterocycles. The molecule has 7 heteroatoms. The molecule has 3 N–H and O–H groups in total. The average Bonchev–Trinajstić information content (AvgIpc) is 2.83. The van der Waals surface area contributed by atoms with Gasteiger partial charge in [0.05, 0.1) is 5.56 Å². The van der Waals surface area contributed by atoms with Gasteiger partial charge in [0.1, 0.15) is 0 Å². The summed E-state index contributed by atoms with van der Waals surface area (Å²) in [6.45, 7) is 5.07. The number of hydrogen-bond acceptors (Lipinski definition) is 5. The second kappa shape index (κ2) is 10.3. The number of allylic oxidation sites excluding steroid dienone is 1. The third-order valence-electron chi connectivity index (χ3n) is 6.24. The molecule has 0 radical (unpaired) electrons. The number of aliphatic imine (C=N–C) groups is 1. The summed E-state index contributed by atoms with van der Waals surface area (Å²) in [7, 11) is 1.71. The standard InChI is InChI=1S/C28H29N5O2/c1-18-4-6-22(12-26(18)32-27(34)23-7-5-19(2)31-15-23)28(35)33-16-25(17-33)21-10-8-20(9-11-21)24(13-29)14-30-3/h4-15,25H,16-17,29H2,1-3H3,(H,32,34). The lowest BCUT2D eigenvalue weighted by molar-refractivity contribution is 0.0602. The molecule has 7 nitrogen and oxygen atoms in total. The van der Waals surface area contributed by atoms with E-state index in [4.69, 9.17) is 5.73 Å². The predicted molar refractivity (Wildman–Crippen MR) is 140 cm³/mol. The molecule has 0 spiro atoms. The molecular weight excluding hydrogens is 438 g/mol. The van der Waals surface area contributed by atoms with E-state index in [2.05, 4.69) is 27.4 Å². The van der Waals surface area contributed by atoms with Gasteiger partial charge in [0.2, 0.25) is 0 Å². The minimum atomic E-state index is -0.254. The lowest BCUT2D eigenvalue weighted by Crippen LogP contribution is -2.48. The number of carbonyl (C=O) groups is 2. The Labute approximate surface area is 205 Å². The summed E-state index contributed by atoms with van der Waals surface area (Å²) < 4.78 is 0. The van der Waals surface area contributed by atoms with Gasteiger partial charge in [-0.05, 0) is 54.8 Å². The minimum Gasteiger partial charge on any atom is -0.404 e. The van der Waals surface area contributed by atoms with Crippen molar-refractivity contribution in [3.63, 3.8) is 0 Å². The molecule has 1 aromatic heterocycles. The maximum Gasteiger partial charge on any atom is 0.257 e. The predicted octanol–water partition coefficient (Wildman–Crippen LogP) is 4.19. The minimum absolute atomic E-state index is 0.0436. The second-order valence-electron chi connectivity index (χ2n) is 8.71. The highest BCUT2D eigenvalue weighted by Gasteiger charge is 2.32. The molecule has 1 saturated heterocycles. The second-order valence-corrected chi connectivity index (χ2v) is 8.71. The summed E-state index contributed by atoms with van der Waals surface area (Å²) in [5.74, 6) is -0.00908. The van der Waals surface area contributed by atoms with Crippen LogP contribution in [0.25, 0.3) is 5.57 Å². The number of aryl methyl sites for hydroxylation is 2. The van der Waals surface area contributed by atoms with E-state index >= 15 is 0 Å². The van der Waals surface area contributed by atoms with E-state index in [1.165, 1.54) is 5.56 Å². The smallest absolute Gasteiger partial charge is 0.257 e. The number of aromatic nitrogens is 1. The first kappa shape index (κ1) is 23.9. The van der Waals surface area contributed by atoms with Gasteiger partial charge in [-0.1, -0.05) is 30.3 Å². The Morgan fingerprint density at radius 3 is 2.34 bits per heavy atom. The lowest BCUT2D eigenvalue weighted by atomic mass is 9.89. The summed E-state index contributed by atoms with van der Waals surface area (Å²) in [6, 6.07) is 17.1. The van der Waals surface area contributed by atoms with E-state index in [1.807, 2.05) is 36.9 Å². The van der Waals surface area contributed by atoms with Gasteiger partial charge in [-0.2, -0.15) is 0 Å². The highest BCUT2D eigenvalue weighted by Crippen LogP contribution is 2.30. The Kier molecular flexibility index (Phi) is 7.06. The molecule has 0 unspecified atom stereocenters. The fourth-order valence-electron chi connectivity index (χ4n) is 4.02. The SMILES string of the molecule is CN=CC(=CN)c1ccc(C2CN(C(=O)c3ccc(C)c(NC(=O)c4ccc(C)nc4)c3)C2)cc1. The zero-order valence-corrected chi connectivity index (χ0v) is 20.2. The van der Waals surface area contributed by atoms with Crippen LogP contribution in [0.3, 0.4) is 0 Å². The Bertz CT molecular complexity index is 1290. The van der Waals surface area contributed by atoms with Crippen LogP contribution in [-0.4, -0.2) is 48.1 Å². The summed E-state index contributed by atoms with van der Waals surface area (Å²) in [4.78, 5) is 35.7.